The van der Waals surface area contributed by atoms with Gasteiger partial charge in [-0.1, -0.05) is 24.9 Å². The number of piperidine rings is 1. The van der Waals surface area contributed by atoms with E-state index in [0.717, 1.165) is 38.2 Å². The van der Waals surface area contributed by atoms with E-state index >= 15 is 0 Å². The molecule has 0 radical (unpaired) electrons. The van der Waals surface area contributed by atoms with E-state index in [0.29, 0.717) is 22.7 Å². The lowest BCUT2D eigenvalue weighted by Crippen LogP contribution is -2.46. The molecule has 1 aromatic carbocycles. The standard InChI is InChI=1S/C15H21ClN2O2/c1-2-11-8-18(4-3-13(11)17)7-10-5-12(16)15-14(6-10)19-9-20-15/h5-6,11,13H,2-4,7-9,17H2,1H3. The van der Waals surface area contributed by atoms with Crippen LogP contribution in [0.5, 0.6) is 11.5 Å². The first-order chi connectivity index (χ1) is 9.67. The minimum Gasteiger partial charge on any atom is -0.454 e. The topological polar surface area (TPSA) is 47.7 Å². The number of hydrogen-bond donors (Lipinski definition) is 1. The van der Waals surface area contributed by atoms with Crippen LogP contribution in [0, 0.1) is 5.92 Å². The summed E-state index contributed by atoms with van der Waals surface area (Å²) in [6.45, 7) is 5.47. The molecule has 3 rings (SSSR count). The second-order valence-electron chi connectivity index (χ2n) is 5.67. The summed E-state index contributed by atoms with van der Waals surface area (Å²) in [4.78, 5) is 2.45. The predicted molar refractivity (Wildman–Crippen MR) is 79.2 cm³/mol. The quantitative estimate of drug-likeness (QED) is 0.931. The van der Waals surface area contributed by atoms with E-state index in [-0.39, 0.29) is 6.79 Å². The summed E-state index contributed by atoms with van der Waals surface area (Å²) >= 11 is 6.23. The molecule has 5 heteroatoms. The minimum absolute atomic E-state index is 0.259. The Labute approximate surface area is 124 Å². The zero-order chi connectivity index (χ0) is 14.1. The van der Waals surface area contributed by atoms with E-state index in [2.05, 4.69) is 11.8 Å². The number of likely N-dealkylation sites (tertiary alicyclic amines) is 1. The van der Waals surface area contributed by atoms with Crippen LogP contribution in [0.2, 0.25) is 5.02 Å². The highest BCUT2D eigenvalue weighted by Crippen LogP contribution is 2.40. The number of hydrogen-bond acceptors (Lipinski definition) is 4. The van der Waals surface area contributed by atoms with Gasteiger partial charge in [0.25, 0.3) is 0 Å². The van der Waals surface area contributed by atoms with Crippen molar-refractivity contribution in [2.45, 2.75) is 32.4 Å². The second kappa shape index (κ2) is 5.80. The van der Waals surface area contributed by atoms with Crippen LogP contribution in [0.4, 0.5) is 0 Å². The maximum absolute atomic E-state index is 6.23. The van der Waals surface area contributed by atoms with Crippen molar-refractivity contribution in [2.24, 2.45) is 11.7 Å². The molecule has 0 aromatic heterocycles. The molecule has 2 heterocycles. The van der Waals surface area contributed by atoms with Gasteiger partial charge in [-0.2, -0.15) is 0 Å². The number of nitrogens with zero attached hydrogens (tertiary/aromatic N) is 1. The number of ether oxygens (including phenoxy) is 2. The fraction of sp³-hybridized carbons (Fsp3) is 0.600. The third-order valence-electron chi connectivity index (χ3n) is 4.29. The Bertz CT molecular complexity index is 495. The summed E-state index contributed by atoms with van der Waals surface area (Å²) in [6.07, 6.45) is 2.20. The van der Waals surface area contributed by atoms with Crippen LogP contribution in [-0.4, -0.2) is 30.8 Å². The third-order valence-corrected chi connectivity index (χ3v) is 4.58. The van der Waals surface area contributed by atoms with Crippen molar-refractivity contribution >= 4 is 11.6 Å². The Hall–Kier alpha value is -0.970. The van der Waals surface area contributed by atoms with E-state index in [1.165, 1.54) is 5.56 Å². The minimum atomic E-state index is 0.259. The van der Waals surface area contributed by atoms with Gasteiger partial charge in [0.05, 0.1) is 5.02 Å². The van der Waals surface area contributed by atoms with Gasteiger partial charge in [0.1, 0.15) is 0 Å². The van der Waals surface area contributed by atoms with E-state index in [1.54, 1.807) is 0 Å². The smallest absolute Gasteiger partial charge is 0.231 e. The second-order valence-corrected chi connectivity index (χ2v) is 6.07. The molecule has 4 nitrogen and oxygen atoms in total. The molecule has 0 spiro atoms. The molecule has 0 amide bonds. The van der Waals surface area contributed by atoms with Gasteiger partial charge in [0.15, 0.2) is 11.5 Å². The van der Waals surface area contributed by atoms with Gasteiger partial charge in [0, 0.05) is 19.1 Å². The van der Waals surface area contributed by atoms with Crippen molar-refractivity contribution in [1.29, 1.82) is 0 Å². The molecule has 0 bridgehead atoms. The van der Waals surface area contributed by atoms with Crippen LogP contribution in [0.1, 0.15) is 25.3 Å². The normalized spacial score (nSPS) is 25.9. The zero-order valence-electron chi connectivity index (χ0n) is 11.8. The largest absolute Gasteiger partial charge is 0.454 e. The first kappa shape index (κ1) is 14.0. The highest BCUT2D eigenvalue weighted by molar-refractivity contribution is 6.32. The Kier molecular flexibility index (Phi) is 4.06. The van der Waals surface area contributed by atoms with E-state index in [4.69, 9.17) is 26.8 Å². The fourth-order valence-electron chi connectivity index (χ4n) is 3.07. The Morgan fingerprint density at radius 2 is 2.25 bits per heavy atom. The molecule has 1 saturated heterocycles. The molecular formula is C15H21ClN2O2. The molecule has 2 atom stereocenters. The zero-order valence-corrected chi connectivity index (χ0v) is 12.5. The van der Waals surface area contributed by atoms with Crippen LogP contribution in [0.3, 0.4) is 0 Å². The number of nitrogens with two attached hydrogens (primary N) is 1. The fourth-order valence-corrected chi connectivity index (χ4v) is 3.36. The number of fused-ring (bicyclic) bond motifs is 1. The van der Waals surface area contributed by atoms with Gasteiger partial charge in [-0.15, -0.1) is 0 Å². The molecule has 2 N–H and O–H groups in total. The van der Waals surface area contributed by atoms with Crippen LogP contribution in [0.15, 0.2) is 12.1 Å². The number of benzene rings is 1. The molecule has 1 fully saturated rings. The van der Waals surface area contributed by atoms with Crippen LogP contribution in [-0.2, 0) is 6.54 Å². The highest BCUT2D eigenvalue weighted by atomic mass is 35.5. The summed E-state index contributed by atoms with van der Waals surface area (Å²) in [7, 11) is 0. The lowest BCUT2D eigenvalue weighted by Gasteiger charge is -2.36. The molecule has 2 aliphatic rings. The predicted octanol–water partition coefficient (Wildman–Crippen LogP) is 2.63. The Balaban J connectivity index is 1.70. The van der Waals surface area contributed by atoms with Crippen molar-refractivity contribution in [3.05, 3.63) is 22.7 Å². The van der Waals surface area contributed by atoms with Gasteiger partial charge in [-0.05, 0) is 36.6 Å². The van der Waals surface area contributed by atoms with Crippen molar-refractivity contribution in [2.75, 3.05) is 19.9 Å². The third kappa shape index (κ3) is 2.73. The van der Waals surface area contributed by atoms with Crippen molar-refractivity contribution in [3.8, 4) is 11.5 Å². The summed E-state index contributed by atoms with van der Waals surface area (Å²) < 4.78 is 10.8. The van der Waals surface area contributed by atoms with Crippen molar-refractivity contribution in [3.63, 3.8) is 0 Å². The van der Waals surface area contributed by atoms with Crippen molar-refractivity contribution in [1.82, 2.24) is 4.90 Å². The molecule has 2 aliphatic heterocycles. The molecule has 1 aromatic rings. The maximum Gasteiger partial charge on any atom is 0.231 e. The van der Waals surface area contributed by atoms with Gasteiger partial charge in [0.2, 0.25) is 6.79 Å². The monoisotopic (exact) mass is 296 g/mol. The SMILES string of the molecule is CCC1CN(Cc2cc(Cl)c3c(c2)OCO3)CCC1N. The van der Waals surface area contributed by atoms with Gasteiger partial charge < -0.3 is 15.2 Å². The van der Waals surface area contributed by atoms with Gasteiger partial charge in [-0.3, -0.25) is 4.90 Å². The summed E-state index contributed by atoms with van der Waals surface area (Å²) in [5, 5.41) is 0.635. The first-order valence-electron chi connectivity index (χ1n) is 7.23. The Morgan fingerprint density at radius 3 is 3.05 bits per heavy atom. The number of halogens is 1. The molecule has 20 heavy (non-hydrogen) atoms. The van der Waals surface area contributed by atoms with Crippen LogP contribution in [0.25, 0.3) is 0 Å². The van der Waals surface area contributed by atoms with Gasteiger partial charge >= 0.3 is 0 Å². The van der Waals surface area contributed by atoms with E-state index in [9.17, 15) is 0 Å². The molecule has 0 saturated carbocycles. The molecule has 2 unspecified atom stereocenters. The number of rotatable bonds is 3. The first-order valence-corrected chi connectivity index (χ1v) is 7.61. The average molecular weight is 297 g/mol. The lowest BCUT2D eigenvalue weighted by molar-refractivity contribution is 0.145. The van der Waals surface area contributed by atoms with Crippen molar-refractivity contribution < 1.29 is 9.47 Å². The molecular weight excluding hydrogens is 276 g/mol. The average Bonchev–Trinajstić information content (AvgIpc) is 2.90. The van der Waals surface area contributed by atoms with E-state index in [1.807, 2.05) is 12.1 Å². The Morgan fingerprint density at radius 1 is 1.40 bits per heavy atom. The van der Waals surface area contributed by atoms with Crippen LogP contribution >= 0.6 is 11.6 Å². The van der Waals surface area contributed by atoms with Crippen LogP contribution < -0.4 is 15.2 Å². The molecule has 0 aliphatic carbocycles. The highest BCUT2D eigenvalue weighted by Gasteiger charge is 2.26. The van der Waals surface area contributed by atoms with Gasteiger partial charge in [-0.25, -0.2) is 0 Å². The summed E-state index contributed by atoms with van der Waals surface area (Å²) in [5.74, 6) is 2.02. The summed E-state index contributed by atoms with van der Waals surface area (Å²) in [5.41, 5.74) is 7.33. The maximum atomic E-state index is 6.23. The lowest BCUT2D eigenvalue weighted by atomic mass is 9.90. The summed E-state index contributed by atoms with van der Waals surface area (Å²) in [6, 6.07) is 4.35. The molecule has 110 valence electrons. The van der Waals surface area contributed by atoms with E-state index < -0.39 is 0 Å².